The average molecular weight is 412 g/mol. The maximum Gasteiger partial charge on any atom is 0.0821 e. The van der Waals surface area contributed by atoms with Crippen LogP contribution in [-0.4, -0.2) is 29.6 Å². The second-order valence-corrected chi connectivity index (χ2v) is 9.34. The lowest BCUT2D eigenvalue weighted by Crippen LogP contribution is -2.35. The molecule has 0 radical (unpaired) electrons. The van der Waals surface area contributed by atoms with Crippen LogP contribution < -0.4 is 0 Å². The second kappa shape index (κ2) is 9.38. The first-order chi connectivity index (χ1) is 15.3. The van der Waals surface area contributed by atoms with Crippen LogP contribution in [0.3, 0.4) is 0 Å². The summed E-state index contributed by atoms with van der Waals surface area (Å²) in [6.45, 7) is 3.47. The number of aliphatic hydroxyl groups excluding tert-OH is 1. The van der Waals surface area contributed by atoms with Gasteiger partial charge in [-0.3, -0.25) is 0 Å². The lowest BCUT2D eigenvalue weighted by molar-refractivity contribution is 0.0772. The van der Waals surface area contributed by atoms with Gasteiger partial charge in [0.05, 0.1) is 6.10 Å². The summed E-state index contributed by atoms with van der Waals surface area (Å²) in [7, 11) is 0. The molecule has 2 aliphatic rings. The van der Waals surface area contributed by atoms with Crippen LogP contribution in [-0.2, 0) is 6.42 Å². The van der Waals surface area contributed by atoms with E-state index in [0.29, 0.717) is 11.8 Å². The maximum atomic E-state index is 11.1. The van der Waals surface area contributed by atoms with Crippen molar-refractivity contribution in [2.24, 2.45) is 5.92 Å². The summed E-state index contributed by atoms with van der Waals surface area (Å²) in [5, 5.41) is 11.1. The third-order valence-electron chi connectivity index (χ3n) is 7.47. The zero-order valence-electron chi connectivity index (χ0n) is 18.3. The zero-order chi connectivity index (χ0) is 21.0. The molecule has 3 aromatic rings. The van der Waals surface area contributed by atoms with Crippen LogP contribution in [0.4, 0.5) is 0 Å². The van der Waals surface area contributed by atoms with Gasteiger partial charge in [0.1, 0.15) is 0 Å². The van der Waals surface area contributed by atoms with E-state index in [2.05, 4.69) is 83.8 Å². The molecular weight excluding hydrogens is 378 g/mol. The molecular formula is C29H33NO. The third-order valence-corrected chi connectivity index (χ3v) is 7.47. The van der Waals surface area contributed by atoms with Crippen LogP contribution in [0, 0.1) is 5.92 Å². The Balaban J connectivity index is 1.16. The summed E-state index contributed by atoms with van der Waals surface area (Å²) in [4.78, 5) is 2.61. The van der Waals surface area contributed by atoms with Gasteiger partial charge in [-0.25, -0.2) is 0 Å². The number of hydrogen-bond acceptors (Lipinski definition) is 2. The van der Waals surface area contributed by atoms with Crippen molar-refractivity contribution in [2.75, 3.05) is 19.6 Å². The molecule has 1 heterocycles. The van der Waals surface area contributed by atoms with Gasteiger partial charge >= 0.3 is 0 Å². The van der Waals surface area contributed by atoms with Gasteiger partial charge < -0.3 is 10.0 Å². The van der Waals surface area contributed by atoms with Gasteiger partial charge in [0.25, 0.3) is 0 Å². The smallest absolute Gasteiger partial charge is 0.0821 e. The molecule has 1 saturated heterocycles. The van der Waals surface area contributed by atoms with E-state index >= 15 is 0 Å². The van der Waals surface area contributed by atoms with Gasteiger partial charge in [-0.15, -0.1) is 0 Å². The minimum absolute atomic E-state index is 0.324. The molecule has 2 atom stereocenters. The van der Waals surface area contributed by atoms with Gasteiger partial charge in [-0.1, -0.05) is 78.9 Å². The Kier molecular flexibility index (Phi) is 6.20. The van der Waals surface area contributed by atoms with Crippen molar-refractivity contribution in [2.45, 2.75) is 44.1 Å². The largest absolute Gasteiger partial charge is 0.388 e. The number of aryl methyl sites for hydroxylation is 1. The Morgan fingerprint density at radius 1 is 0.774 bits per heavy atom. The molecule has 0 bridgehead atoms. The van der Waals surface area contributed by atoms with E-state index < -0.39 is 0 Å². The number of rotatable bonds is 5. The molecule has 0 spiro atoms. The van der Waals surface area contributed by atoms with Crippen LogP contribution >= 0.6 is 0 Å². The van der Waals surface area contributed by atoms with Gasteiger partial charge in [-0.05, 0) is 91.4 Å². The molecule has 160 valence electrons. The number of benzene rings is 3. The summed E-state index contributed by atoms with van der Waals surface area (Å²) in [5.74, 6) is 1.09. The van der Waals surface area contributed by atoms with E-state index in [1.54, 1.807) is 0 Å². The zero-order valence-corrected chi connectivity index (χ0v) is 18.3. The lowest BCUT2D eigenvalue weighted by atomic mass is 9.78. The Labute approximate surface area is 186 Å². The number of hydrogen-bond donors (Lipinski definition) is 1. The molecule has 5 rings (SSSR count). The van der Waals surface area contributed by atoms with Crippen molar-refractivity contribution in [3.05, 3.63) is 95.6 Å². The van der Waals surface area contributed by atoms with E-state index in [1.807, 2.05) is 0 Å². The van der Waals surface area contributed by atoms with Crippen molar-refractivity contribution < 1.29 is 5.11 Å². The molecule has 2 nitrogen and oxygen atoms in total. The van der Waals surface area contributed by atoms with Gasteiger partial charge in [0.15, 0.2) is 0 Å². The molecule has 31 heavy (non-hydrogen) atoms. The first-order valence-electron chi connectivity index (χ1n) is 11.9. The molecule has 2 heteroatoms. The fourth-order valence-electron chi connectivity index (χ4n) is 5.54. The highest BCUT2D eigenvalue weighted by molar-refractivity contribution is 5.65. The second-order valence-electron chi connectivity index (χ2n) is 9.34. The van der Waals surface area contributed by atoms with Gasteiger partial charge in [-0.2, -0.15) is 0 Å². The van der Waals surface area contributed by atoms with Crippen molar-refractivity contribution in [3.8, 4) is 11.1 Å². The van der Waals surface area contributed by atoms with Crippen LogP contribution in [0.15, 0.2) is 78.9 Å². The molecule has 0 unspecified atom stereocenters. The lowest BCUT2D eigenvalue weighted by Gasteiger charge is -2.35. The minimum Gasteiger partial charge on any atom is -0.388 e. The number of fused-ring (bicyclic) bond motifs is 1. The molecule has 0 saturated carbocycles. The molecule has 1 N–H and O–H groups in total. The van der Waals surface area contributed by atoms with E-state index in [-0.39, 0.29) is 6.10 Å². The Morgan fingerprint density at radius 2 is 1.48 bits per heavy atom. The van der Waals surface area contributed by atoms with Crippen LogP contribution in [0.1, 0.15) is 54.4 Å². The summed E-state index contributed by atoms with van der Waals surface area (Å²) < 4.78 is 0. The normalized spacial score (nSPS) is 22.2. The quantitative estimate of drug-likeness (QED) is 0.539. The molecule has 0 aromatic heterocycles. The van der Waals surface area contributed by atoms with Crippen LogP contribution in [0.5, 0.6) is 0 Å². The molecule has 1 aliphatic heterocycles. The molecule has 0 amide bonds. The van der Waals surface area contributed by atoms with E-state index in [0.717, 1.165) is 31.4 Å². The highest BCUT2D eigenvalue weighted by Crippen LogP contribution is 2.38. The number of aliphatic hydroxyl groups is 1. The monoisotopic (exact) mass is 411 g/mol. The van der Waals surface area contributed by atoms with Crippen molar-refractivity contribution in [3.63, 3.8) is 0 Å². The number of likely N-dealkylation sites (tertiary alicyclic amines) is 1. The minimum atomic E-state index is -0.324. The average Bonchev–Trinajstić information content (AvgIpc) is 2.85. The molecule has 1 fully saturated rings. The summed E-state index contributed by atoms with van der Waals surface area (Å²) in [6.07, 6.45) is 5.44. The SMILES string of the molecule is O[C@@H]1c2ccc(-c3ccccc3)cc2CC[C@H]1CCN1CCC(c2ccccc2)CC1. The van der Waals surface area contributed by atoms with E-state index in [4.69, 9.17) is 0 Å². The number of nitrogens with zero attached hydrogens (tertiary/aromatic N) is 1. The van der Waals surface area contributed by atoms with Crippen molar-refractivity contribution in [1.82, 2.24) is 4.90 Å². The fourth-order valence-corrected chi connectivity index (χ4v) is 5.54. The number of piperidine rings is 1. The summed E-state index contributed by atoms with van der Waals surface area (Å²) >= 11 is 0. The first-order valence-corrected chi connectivity index (χ1v) is 11.9. The highest BCUT2D eigenvalue weighted by Gasteiger charge is 2.29. The van der Waals surface area contributed by atoms with Crippen LogP contribution in [0.2, 0.25) is 0 Å². The van der Waals surface area contributed by atoms with E-state index in [9.17, 15) is 5.11 Å². The topological polar surface area (TPSA) is 23.5 Å². The van der Waals surface area contributed by atoms with Crippen molar-refractivity contribution in [1.29, 1.82) is 0 Å². The highest BCUT2D eigenvalue weighted by atomic mass is 16.3. The predicted octanol–water partition coefficient (Wildman–Crippen LogP) is 6.22. The molecule has 3 aromatic carbocycles. The Bertz CT molecular complexity index is 976. The van der Waals surface area contributed by atoms with Crippen molar-refractivity contribution >= 4 is 0 Å². The Hall–Kier alpha value is -2.42. The standard InChI is InChI=1S/C29H33NO/c31-29-25(17-20-30-18-15-24(16-19-30)22-7-3-1-4-8-22)11-12-27-21-26(13-14-28(27)29)23-9-5-2-6-10-23/h1-10,13-14,21,24-25,29,31H,11-12,15-20H2/t25-,29-/m0/s1. The first kappa shape index (κ1) is 20.5. The van der Waals surface area contributed by atoms with E-state index in [1.165, 1.54) is 48.2 Å². The van der Waals surface area contributed by atoms with Gasteiger partial charge in [0, 0.05) is 0 Å². The summed E-state index contributed by atoms with van der Waals surface area (Å²) in [6, 6.07) is 28.2. The Morgan fingerprint density at radius 3 is 2.23 bits per heavy atom. The molecule has 1 aliphatic carbocycles. The van der Waals surface area contributed by atoms with Crippen LogP contribution in [0.25, 0.3) is 11.1 Å². The third kappa shape index (κ3) is 4.61. The maximum absolute atomic E-state index is 11.1. The fraction of sp³-hybridized carbons (Fsp3) is 0.379. The summed E-state index contributed by atoms with van der Waals surface area (Å²) in [5.41, 5.74) is 6.48. The predicted molar refractivity (Wildman–Crippen MR) is 128 cm³/mol. The van der Waals surface area contributed by atoms with Gasteiger partial charge in [0.2, 0.25) is 0 Å².